The first-order valence-corrected chi connectivity index (χ1v) is 6.19. The number of hydrogen-bond donors (Lipinski definition) is 3. The van der Waals surface area contributed by atoms with Crippen LogP contribution in [0.15, 0.2) is 18.2 Å². The normalized spacial score (nSPS) is 15.8. The van der Waals surface area contributed by atoms with Crippen molar-refractivity contribution in [2.24, 2.45) is 0 Å². The van der Waals surface area contributed by atoms with Gasteiger partial charge < -0.3 is 20.4 Å². The predicted molar refractivity (Wildman–Crippen MR) is 67.8 cm³/mol. The fourth-order valence-corrected chi connectivity index (χ4v) is 2.13. The van der Waals surface area contributed by atoms with E-state index in [0.717, 1.165) is 19.6 Å². The zero-order chi connectivity index (χ0) is 13.0. The van der Waals surface area contributed by atoms with Gasteiger partial charge in [0.1, 0.15) is 11.5 Å². The Hall–Kier alpha value is -1.75. The van der Waals surface area contributed by atoms with Gasteiger partial charge in [0.05, 0.1) is 5.56 Å². The van der Waals surface area contributed by atoms with Crippen LogP contribution in [0.25, 0.3) is 0 Å². The maximum absolute atomic E-state index is 11.8. The second kappa shape index (κ2) is 5.73. The van der Waals surface area contributed by atoms with Crippen LogP contribution >= 0.6 is 0 Å². The van der Waals surface area contributed by atoms with E-state index in [1.54, 1.807) is 0 Å². The van der Waals surface area contributed by atoms with Crippen molar-refractivity contribution in [3.63, 3.8) is 0 Å². The van der Waals surface area contributed by atoms with Crippen molar-refractivity contribution >= 4 is 5.91 Å². The number of carbonyl (C=O) groups is 1. The van der Waals surface area contributed by atoms with Gasteiger partial charge in [-0.2, -0.15) is 0 Å². The van der Waals surface area contributed by atoms with Crippen LogP contribution in [0.4, 0.5) is 0 Å². The van der Waals surface area contributed by atoms with E-state index in [9.17, 15) is 15.0 Å². The van der Waals surface area contributed by atoms with E-state index in [1.807, 2.05) is 0 Å². The van der Waals surface area contributed by atoms with Gasteiger partial charge in [0.15, 0.2) is 0 Å². The van der Waals surface area contributed by atoms with Crippen LogP contribution in [0.1, 0.15) is 23.2 Å². The van der Waals surface area contributed by atoms with Crippen molar-refractivity contribution in [2.45, 2.75) is 12.8 Å². The molecule has 1 aliphatic rings. The smallest absolute Gasteiger partial charge is 0.255 e. The number of aromatic hydroxyl groups is 2. The van der Waals surface area contributed by atoms with Gasteiger partial charge in [-0.15, -0.1) is 0 Å². The van der Waals surface area contributed by atoms with Crippen LogP contribution < -0.4 is 5.32 Å². The zero-order valence-electron chi connectivity index (χ0n) is 10.2. The van der Waals surface area contributed by atoms with Gasteiger partial charge in [-0.3, -0.25) is 4.79 Å². The van der Waals surface area contributed by atoms with Crippen LogP contribution in [0.2, 0.25) is 0 Å². The van der Waals surface area contributed by atoms with E-state index in [-0.39, 0.29) is 23.0 Å². The molecule has 0 radical (unpaired) electrons. The quantitative estimate of drug-likeness (QED) is 0.695. The molecule has 0 aromatic heterocycles. The van der Waals surface area contributed by atoms with Gasteiger partial charge in [0.25, 0.3) is 5.91 Å². The Balaban J connectivity index is 1.85. The average Bonchev–Trinajstić information content (AvgIpc) is 2.85. The lowest BCUT2D eigenvalue weighted by Gasteiger charge is -2.14. The van der Waals surface area contributed by atoms with Crippen LogP contribution in [0.3, 0.4) is 0 Å². The fourth-order valence-electron chi connectivity index (χ4n) is 2.13. The molecule has 5 heteroatoms. The minimum absolute atomic E-state index is 0.0301. The third-order valence-electron chi connectivity index (χ3n) is 3.14. The van der Waals surface area contributed by atoms with Gasteiger partial charge in [-0.1, -0.05) is 0 Å². The standard InChI is InChI=1S/C13H18N2O3/c16-10-3-4-12(17)11(9-10)13(18)14-5-8-15-6-1-2-7-15/h3-4,9,16-17H,1-2,5-8H2,(H,14,18). The number of phenols is 2. The van der Waals surface area contributed by atoms with Crippen molar-refractivity contribution in [3.8, 4) is 11.5 Å². The summed E-state index contributed by atoms with van der Waals surface area (Å²) in [6.45, 7) is 3.56. The Morgan fingerprint density at radius 3 is 2.72 bits per heavy atom. The van der Waals surface area contributed by atoms with Gasteiger partial charge in [-0.05, 0) is 44.1 Å². The molecule has 1 aromatic carbocycles. The maximum Gasteiger partial charge on any atom is 0.255 e. The molecule has 98 valence electrons. The molecular weight excluding hydrogens is 232 g/mol. The molecule has 1 aromatic rings. The monoisotopic (exact) mass is 250 g/mol. The lowest BCUT2D eigenvalue weighted by Crippen LogP contribution is -2.33. The maximum atomic E-state index is 11.8. The Morgan fingerprint density at radius 2 is 2.00 bits per heavy atom. The molecule has 0 aliphatic carbocycles. The van der Waals surface area contributed by atoms with Crippen molar-refractivity contribution in [1.82, 2.24) is 10.2 Å². The molecular formula is C13H18N2O3. The van der Waals surface area contributed by atoms with Crippen LogP contribution in [0, 0.1) is 0 Å². The summed E-state index contributed by atoms with van der Waals surface area (Å²) in [5.41, 5.74) is 0.108. The van der Waals surface area contributed by atoms with E-state index >= 15 is 0 Å². The molecule has 5 nitrogen and oxygen atoms in total. The van der Waals surface area contributed by atoms with Gasteiger partial charge in [0, 0.05) is 13.1 Å². The van der Waals surface area contributed by atoms with E-state index < -0.39 is 0 Å². The number of amides is 1. The molecule has 2 rings (SSSR count). The van der Waals surface area contributed by atoms with Gasteiger partial charge >= 0.3 is 0 Å². The highest BCUT2D eigenvalue weighted by Gasteiger charge is 2.14. The van der Waals surface area contributed by atoms with Gasteiger partial charge in [-0.25, -0.2) is 0 Å². The summed E-state index contributed by atoms with van der Waals surface area (Å²) in [5.74, 6) is -0.508. The number of nitrogens with one attached hydrogen (secondary N) is 1. The Labute approximate surface area is 106 Å². The topological polar surface area (TPSA) is 72.8 Å². The zero-order valence-corrected chi connectivity index (χ0v) is 10.2. The van der Waals surface area contributed by atoms with Crippen molar-refractivity contribution < 1.29 is 15.0 Å². The summed E-state index contributed by atoms with van der Waals surface area (Å²) in [5, 5.41) is 21.6. The Kier molecular flexibility index (Phi) is 4.04. The van der Waals surface area contributed by atoms with E-state index in [1.165, 1.54) is 31.0 Å². The highest BCUT2D eigenvalue weighted by Crippen LogP contribution is 2.21. The molecule has 1 amide bonds. The second-order valence-electron chi connectivity index (χ2n) is 4.51. The Bertz CT molecular complexity index is 428. The first-order chi connectivity index (χ1) is 8.66. The molecule has 3 N–H and O–H groups in total. The molecule has 0 spiro atoms. The van der Waals surface area contributed by atoms with Crippen molar-refractivity contribution in [1.29, 1.82) is 0 Å². The van der Waals surface area contributed by atoms with Crippen LogP contribution in [-0.4, -0.2) is 47.2 Å². The molecule has 1 heterocycles. The number of nitrogens with zero attached hydrogens (tertiary/aromatic N) is 1. The largest absolute Gasteiger partial charge is 0.508 e. The van der Waals surface area contributed by atoms with Crippen LogP contribution in [-0.2, 0) is 0 Å². The molecule has 0 bridgehead atoms. The summed E-state index contributed by atoms with van der Waals surface area (Å²) in [7, 11) is 0. The van der Waals surface area contributed by atoms with Crippen molar-refractivity contribution in [3.05, 3.63) is 23.8 Å². The lowest BCUT2D eigenvalue weighted by molar-refractivity contribution is 0.0946. The third kappa shape index (κ3) is 3.13. The summed E-state index contributed by atoms with van der Waals surface area (Å²) in [4.78, 5) is 14.1. The minimum Gasteiger partial charge on any atom is -0.508 e. The molecule has 0 unspecified atom stereocenters. The minimum atomic E-state index is -0.359. The van der Waals surface area contributed by atoms with E-state index in [4.69, 9.17) is 0 Å². The first kappa shape index (κ1) is 12.7. The number of carbonyl (C=O) groups excluding carboxylic acids is 1. The Morgan fingerprint density at radius 1 is 1.28 bits per heavy atom. The van der Waals surface area contributed by atoms with Gasteiger partial charge in [0.2, 0.25) is 0 Å². The molecule has 0 atom stereocenters. The summed E-state index contributed by atoms with van der Waals surface area (Å²) in [6.07, 6.45) is 2.45. The molecule has 1 fully saturated rings. The first-order valence-electron chi connectivity index (χ1n) is 6.19. The number of hydrogen-bond acceptors (Lipinski definition) is 4. The SMILES string of the molecule is O=C(NCCN1CCCC1)c1cc(O)ccc1O. The summed E-state index contributed by atoms with van der Waals surface area (Å²) in [6, 6.07) is 3.92. The molecule has 18 heavy (non-hydrogen) atoms. The number of rotatable bonds is 4. The summed E-state index contributed by atoms with van der Waals surface area (Å²) >= 11 is 0. The number of benzene rings is 1. The highest BCUT2D eigenvalue weighted by molar-refractivity contribution is 5.97. The van der Waals surface area contributed by atoms with Crippen LogP contribution in [0.5, 0.6) is 11.5 Å². The number of likely N-dealkylation sites (tertiary alicyclic amines) is 1. The lowest BCUT2D eigenvalue weighted by atomic mass is 10.2. The molecule has 1 saturated heterocycles. The third-order valence-corrected chi connectivity index (χ3v) is 3.14. The second-order valence-corrected chi connectivity index (χ2v) is 4.51. The number of phenolic OH excluding ortho intramolecular Hbond substituents is 2. The highest BCUT2D eigenvalue weighted by atomic mass is 16.3. The molecule has 0 saturated carbocycles. The molecule has 1 aliphatic heterocycles. The predicted octanol–water partition coefficient (Wildman–Crippen LogP) is 0.923. The fraction of sp³-hybridized carbons (Fsp3) is 0.462. The van der Waals surface area contributed by atoms with E-state index in [2.05, 4.69) is 10.2 Å². The average molecular weight is 250 g/mol. The van der Waals surface area contributed by atoms with E-state index in [0.29, 0.717) is 6.54 Å². The van der Waals surface area contributed by atoms with Crippen molar-refractivity contribution in [2.75, 3.05) is 26.2 Å². The summed E-state index contributed by atoms with van der Waals surface area (Å²) < 4.78 is 0.